The first kappa shape index (κ1) is 19.3. The Bertz CT molecular complexity index is 746. The van der Waals surface area contributed by atoms with Crippen LogP contribution in [-0.4, -0.2) is 16.6 Å². The van der Waals surface area contributed by atoms with E-state index in [1.165, 1.54) is 12.1 Å². The van der Waals surface area contributed by atoms with Crippen molar-refractivity contribution in [2.75, 3.05) is 0 Å². The highest BCUT2D eigenvalue weighted by molar-refractivity contribution is 6.20. The smallest absolute Gasteiger partial charge is 0.417 e. The lowest BCUT2D eigenvalue weighted by molar-refractivity contribution is -0.140. The van der Waals surface area contributed by atoms with Gasteiger partial charge in [-0.2, -0.15) is 13.2 Å². The second kappa shape index (κ2) is 7.89. The average Bonchev–Trinajstić information content (AvgIpc) is 2.51. The molecule has 0 spiro atoms. The zero-order chi connectivity index (χ0) is 18.6. The number of carbonyl (C=O) groups is 1. The fourth-order valence-corrected chi connectivity index (χ4v) is 2.70. The Hall–Kier alpha value is -2.05. The maximum absolute atomic E-state index is 13.6. The third-order valence-electron chi connectivity index (χ3n) is 3.61. The molecule has 1 unspecified atom stereocenters. The van der Waals surface area contributed by atoms with Gasteiger partial charge in [-0.25, -0.2) is 0 Å². The van der Waals surface area contributed by atoms with Crippen LogP contribution in [0, 0.1) is 0 Å². The van der Waals surface area contributed by atoms with Crippen LogP contribution >= 0.6 is 11.6 Å². The molecule has 2 rings (SSSR count). The van der Waals surface area contributed by atoms with Crippen molar-refractivity contribution in [1.29, 1.82) is 0 Å². The largest absolute Gasteiger partial charge is 0.481 e. The molecule has 0 radical (unpaired) electrons. The van der Waals surface area contributed by atoms with Gasteiger partial charge in [0.25, 0.3) is 0 Å². The molecule has 0 heterocycles. The average molecular weight is 372 g/mol. The molecule has 0 aliphatic heterocycles. The highest BCUT2D eigenvalue weighted by Gasteiger charge is 2.36. The van der Waals surface area contributed by atoms with E-state index in [1.807, 2.05) is 0 Å². The molecule has 0 fully saturated rings. The first-order chi connectivity index (χ1) is 11.7. The van der Waals surface area contributed by atoms with Crippen molar-refractivity contribution >= 4 is 17.6 Å². The van der Waals surface area contributed by atoms with E-state index in [4.69, 9.17) is 16.7 Å². The molecule has 2 aromatic carbocycles. The van der Waals surface area contributed by atoms with E-state index in [0.29, 0.717) is 11.1 Å². The predicted molar refractivity (Wildman–Crippen MR) is 90.4 cm³/mol. The summed E-state index contributed by atoms with van der Waals surface area (Å²) in [5.74, 6) is -1.32. The Morgan fingerprint density at radius 2 is 1.76 bits per heavy atom. The van der Waals surface area contributed by atoms with E-state index in [2.05, 4.69) is 5.32 Å². The van der Waals surface area contributed by atoms with Gasteiger partial charge in [-0.15, -0.1) is 11.6 Å². The van der Waals surface area contributed by atoms with Crippen molar-refractivity contribution in [3.63, 3.8) is 0 Å². The van der Waals surface area contributed by atoms with Gasteiger partial charge in [0, 0.05) is 6.54 Å². The number of carboxylic acid groups (broad SMARTS) is 1. The number of hydrogen-bond donors (Lipinski definition) is 2. The van der Waals surface area contributed by atoms with Crippen LogP contribution in [0.2, 0.25) is 0 Å². The minimum absolute atomic E-state index is 0.0300. The zero-order valence-corrected chi connectivity index (χ0v) is 14.2. The van der Waals surface area contributed by atoms with Crippen molar-refractivity contribution in [2.24, 2.45) is 0 Å². The van der Waals surface area contributed by atoms with E-state index < -0.39 is 29.6 Å². The SMILES string of the molecule is CC(Cl)NCc1cc(-c2ccccc2)cc(CC(=O)O)c1C(F)(F)F. The van der Waals surface area contributed by atoms with Crippen LogP contribution < -0.4 is 5.32 Å². The molecule has 0 aliphatic carbocycles. The van der Waals surface area contributed by atoms with Crippen LogP contribution in [-0.2, 0) is 23.9 Å². The standard InChI is InChI=1S/C18H17ClF3NO2/c1-11(19)23-10-15-8-13(12-5-3-2-4-6-12)7-14(9-16(24)25)17(15)18(20,21)22/h2-8,11,23H,9-10H2,1H3,(H,24,25). The molecule has 2 aromatic rings. The molecule has 0 bridgehead atoms. The van der Waals surface area contributed by atoms with Gasteiger partial charge in [-0.05, 0) is 41.3 Å². The minimum Gasteiger partial charge on any atom is -0.481 e. The van der Waals surface area contributed by atoms with Gasteiger partial charge in [0.15, 0.2) is 0 Å². The van der Waals surface area contributed by atoms with Crippen LogP contribution in [0.15, 0.2) is 42.5 Å². The summed E-state index contributed by atoms with van der Waals surface area (Å²) in [4.78, 5) is 11.1. The zero-order valence-electron chi connectivity index (χ0n) is 13.4. The number of hydrogen-bond acceptors (Lipinski definition) is 2. The molecule has 0 amide bonds. The van der Waals surface area contributed by atoms with E-state index in [9.17, 15) is 18.0 Å². The van der Waals surface area contributed by atoms with Crippen LogP contribution in [0.5, 0.6) is 0 Å². The molecule has 2 N–H and O–H groups in total. The maximum atomic E-state index is 13.6. The first-order valence-corrected chi connectivity index (χ1v) is 7.99. The highest BCUT2D eigenvalue weighted by atomic mass is 35.5. The van der Waals surface area contributed by atoms with Crippen LogP contribution in [0.1, 0.15) is 23.6 Å². The molecule has 1 atom stereocenters. The van der Waals surface area contributed by atoms with E-state index in [1.54, 1.807) is 37.3 Å². The Morgan fingerprint density at radius 1 is 1.16 bits per heavy atom. The monoisotopic (exact) mass is 371 g/mol. The summed E-state index contributed by atoms with van der Waals surface area (Å²) in [5, 5.41) is 11.8. The van der Waals surface area contributed by atoms with Crippen LogP contribution in [0.4, 0.5) is 13.2 Å². The van der Waals surface area contributed by atoms with Gasteiger partial charge < -0.3 is 5.11 Å². The molecule has 0 aromatic heterocycles. The number of carboxylic acids is 1. The van der Waals surface area contributed by atoms with Crippen LogP contribution in [0.25, 0.3) is 11.1 Å². The summed E-state index contributed by atoms with van der Waals surface area (Å²) < 4.78 is 40.7. The third kappa shape index (κ3) is 5.21. The predicted octanol–water partition coefficient (Wildman–Crippen LogP) is 4.67. The summed E-state index contributed by atoms with van der Waals surface area (Å²) in [5.41, 5.74) is -0.492. The number of rotatable bonds is 6. The molecule has 7 heteroatoms. The van der Waals surface area contributed by atoms with Gasteiger partial charge in [0.1, 0.15) is 0 Å². The van der Waals surface area contributed by atoms with Crippen LogP contribution in [0.3, 0.4) is 0 Å². The van der Waals surface area contributed by atoms with Crippen molar-refractivity contribution in [3.8, 4) is 11.1 Å². The topological polar surface area (TPSA) is 49.3 Å². The molecule has 0 saturated heterocycles. The summed E-state index contributed by atoms with van der Waals surface area (Å²) in [6.07, 6.45) is -5.37. The lowest BCUT2D eigenvalue weighted by atomic mass is 9.92. The van der Waals surface area contributed by atoms with E-state index in [-0.39, 0.29) is 17.7 Å². The van der Waals surface area contributed by atoms with Crippen molar-refractivity contribution in [2.45, 2.75) is 31.6 Å². The van der Waals surface area contributed by atoms with E-state index in [0.717, 1.165) is 0 Å². The van der Waals surface area contributed by atoms with Gasteiger partial charge >= 0.3 is 12.1 Å². The fourth-order valence-electron chi connectivity index (χ4n) is 2.62. The Kier molecular flexibility index (Phi) is 6.08. The number of halogens is 4. The Labute approximate surface area is 148 Å². The molecule has 3 nitrogen and oxygen atoms in total. The number of aliphatic carboxylic acids is 1. The first-order valence-electron chi connectivity index (χ1n) is 7.56. The highest BCUT2D eigenvalue weighted by Crippen LogP contribution is 2.38. The van der Waals surface area contributed by atoms with Gasteiger partial charge in [-0.1, -0.05) is 30.3 Å². The number of benzene rings is 2. The second-order valence-electron chi connectivity index (χ2n) is 5.60. The van der Waals surface area contributed by atoms with Crippen molar-refractivity contribution in [3.05, 3.63) is 59.2 Å². The lowest BCUT2D eigenvalue weighted by Crippen LogP contribution is -2.24. The number of nitrogens with one attached hydrogen (secondary N) is 1. The molecule has 25 heavy (non-hydrogen) atoms. The fraction of sp³-hybridized carbons (Fsp3) is 0.278. The summed E-state index contributed by atoms with van der Waals surface area (Å²) in [6, 6.07) is 11.6. The molecule has 0 saturated carbocycles. The van der Waals surface area contributed by atoms with Gasteiger partial charge in [0.05, 0.1) is 17.5 Å². The Balaban J connectivity index is 2.64. The molecule has 0 aliphatic rings. The molecular formula is C18H17ClF3NO2. The van der Waals surface area contributed by atoms with E-state index >= 15 is 0 Å². The second-order valence-corrected chi connectivity index (χ2v) is 6.26. The maximum Gasteiger partial charge on any atom is 0.417 e. The lowest BCUT2D eigenvalue weighted by Gasteiger charge is -2.20. The quantitative estimate of drug-likeness (QED) is 0.573. The summed E-state index contributed by atoms with van der Waals surface area (Å²) in [6.45, 7) is 1.49. The summed E-state index contributed by atoms with van der Waals surface area (Å²) in [7, 11) is 0. The Morgan fingerprint density at radius 3 is 2.28 bits per heavy atom. The van der Waals surface area contributed by atoms with Crippen molar-refractivity contribution in [1.82, 2.24) is 5.32 Å². The molecule has 134 valence electrons. The number of alkyl halides is 4. The molecular weight excluding hydrogens is 355 g/mol. The van der Waals surface area contributed by atoms with Gasteiger partial charge in [0.2, 0.25) is 0 Å². The van der Waals surface area contributed by atoms with Gasteiger partial charge in [-0.3, -0.25) is 10.1 Å². The summed E-state index contributed by atoms with van der Waals surface area (Å²) >= 11 is 5.79. The minimum atomic E-state index is -4.66. The van der Waals surface area contributed by atoms with Crippen molar-refractivity contribution < 1.29 is 23.1 Å². The third-order valence-corrected chi connectivity index (χ3v) is 3.76. The normalized spacial score (nSPS) is 12.8.